The number of nitrogens with one attached hydrogen (secondary N) is 1. The van der Waals surface area contributed by atoms with Crippen LogP contribution in [0.25, 0.3) is 0 Å². The highest BCUT2D eigenvalue weighted by atomic mass is 79.9. The Labute approximate surface area is 119 Å². The van der Waals surface area contributed by atoms with Crippen molar-refractivity contribution >= 4 is 15.9 Å². The van der Waals surface area contributed by atoms with Crippen LogP contribution >= 0.6 is 15.9 Å². The molecule has 0 aromatic carbocycles. The minimum atomic E-state index is 0.724. The van der Waals surface area contributed by atoms with E-state index in [1.807, 2.05) is 18.7 Å². The maximum atomic E-state index is 4.38. The third-order valence-electron chi connectivity index (χ3n) is 2.78. The average molecular weight is 314 g/mol. The van der Waals surface area contributed by atoms with Crippen molar-refractivity contribution in [1.82, 2.24) is 15.1 Å². The van der Waals surface area contributed by atoms with Gasteiger partial charge in [-0.1, -0.05) is 26.0 Å². The maximum absolute atomic E-state index is 4.38. The van der Waals surface area contributed by atoms with Crippen LogP contribution in [0.5, 0.6) is 0 Å². The molecule has 0 saturated carbocycles. The molecule has 0 aliphatic carbocycles. The molecule has 0 aliphatic rings. The lowest BCUT2D eigenvalue weighted by Gasteiger charge is -2.04. The SMILES string of the molecule is Cc1nn(C)c(CC=CCCNCC(C)C)c1Br. The summed E-state index contributed by atoms with van der Waals surface area (Å²) in [5.41, 5.74) is 2.29. The number of nitrogens with zero attached hydrogens (tertiary/aromatic N) is 2. The van der Waals surface area contributed by atoms with E-state index < -0.39 is 0 Å². The minimum absolute atomic E-state index is 0.724. The summed E-state index contributed by atoms with van der Waals surface area (Å²) in [6.07, 6.45) is 6.48. The van der Waals surface area contributed by atoms with Crippen LogP contribution in [0.15, 0.2) is 16.6 Å². The van der Waals surface area contributed by atoms with Gasteiger partial charge < -0.3 is 5.32 Å². The third kappa shape index (κ3) is 4.94. The van der Waals surface area contributed by atoms with Gasteiger partial charge >= 0.3 is 0 Å². The molecule has 1 aromatic rings. The van der Waals surface area contributed by atoms with Crippen LogP contribution < -0.4 is 5.32 Å². The number of allylic oxidation sites excluding steroid dienone is 1. The Morgan fingerprint density at radius 1 is 1.39 bits per heavy atom. The van der Waals surface area contributed by atoms with Crippen molar-refractivity contribution in [3.8, 4) is 0 Å². The van der Waals surface area contributed by atoms with Gasteiger partial charge in [-0.25, -0.2) is 0 Å². The van der Waals surface area contributed by atoms with E-state index in [-0.39, 0.29) is 0 Å². The number of hydrogen-bond donors (Lipinski definition) is 1. The van der Waals surface area contributed by atoms with E-state index in [0.717, 1.165) is 42.0 Å². The summed E-state index contributed by atoms with van der Waals surface area (Å²) in [6.45, 7) is 8.63. The Morgan fingerprint density at radius 3 is 2.67 bits per heavy atom. The van der Waals surface area contributed by atoms with Crippen LogP contribution in [0, 0.1) is 12.8 Å². The standard InChI is InChI=1S/C14H24BrN3/c1-11(2)10-16-9-7-5-6-8-13-14(15)12(3)17-18(13)4/h5-6,11,16H,7-10H2,1-4H3. The smallest absolute Gasteiger partial charge is 0.0738 e. The molecular formula is C14H24BrN3. The summed E-state index contributed by atoms with van der Waals surface area (Å²) in [6, 6.07) is 0. The molecule has 102 valence electrons. The molecule has 0 radical (unpaired) electrons. The van der Waals surface area contributed by atoms with E-state index in [9.17, 15) is 0 Å². The van der Waals surface area contributed by atoms with Crippen LogP contribution in [0.1, 0.15) is 31.7 Å². The summed E-state index contributed by atoms with van der Waals surface area (Å²) in [5.74, 6) is 0.724. The molecule has 18 heavy (non-hydrogen) atoms. The highest BCUT2D eigenvalue weighted by Crippen LogP contribution is 2.20. The summed E-state index contributed by atoms with van der Waals surface area (Å²) >= 11 is 3.58. The highest BCUT2D eigenvalue weighted by molar-refractivity contribution is 9.10. The first-order chi connectivity index (χ1) is 8.52. The van der Waals surface area contributed by atoms with Gasteiger partial charge in [0.2, 0.25) is 0 Å². The van der Waals surface area contributed by atoms with Gasteiger partial charge in [0.05, 0.1) is 15.9 Å². The van der Waals surface area contributed by atoms with E-state index in [4.69, 9.17) is 0 Å². The molecule has 0 saturated heterocycles. The summed E-state index contributed by atoms with van der Waals surface area (Å²) in [4.78, 5) is 0. The molecule has 0 aliphatic heterocycles. The van der Waals surface area contributed by atoms with Crippen LogP contribution in [-0.2, 0) is 13.5 Å². The van der Waals surface area contributed by atoms with Crippen LogP contribution in [0.4, 0.5) is 0 Å². The second-order valence-corrected chi connectivity index (χ2v) is 5.82. The second kappa shape index (κ2) is 7.74. The van der Waals surface area contributed by atoms with Crippen molar-refractivity contribution in [2.45, 2.75) is 33.6 Å². The van der Waals surface area contributed by atoms with Crippen molar-refractivity contribution < 1.29 is 0 Å². The number of aryl methyl sites for hydroxylation is 2. The first-order valence-electron chi connectivity index (χ1n) is 6.56. The molecule has 1 rings (SSSR count). The van der Waals surface area contributed by atoms with Gasteiger partial charge in [0.1, 0.15) is 0 Å². The lowest BCUT2D eigenvalue weighted by Crippen LogP contribution is -2.20. The Hall–Kier alpha value is -0.610. The van der Waals surface area contributed by atoms with Crippen LogP contribution in [-0.4, -0.2) is 22.9 Å². The van der Waals surface area contributed by atoms with E-state index in [1.165, 1.54) is 5.69 Å². The molecule has 0 spiro atoms. The predicted molar refractivity (Wildman–Crippen MR) is 80.8 cm³/mol. The van der Waals surface area contributed by atoms with E-state index >= 15 is 0 Å². The quantitative estimate of drug-likeness (QED) is 0.618. The van der Waals surface area contributed by atoms with Gasteiger partial charge in [-0.05, 0) is 48.3 Å². The Bertz CT molecular complexity index is 394. The number of rotatable bonds is 7. The number of halogens is 1. The van der Waals surface area contributed by atoms with E-state index in [2.05, 4.69) is 52.3 Å². The van der Waals surface area contributed by atoms with Crippen molar-refractivity contribution in [3.63, 3.8) is 0 Å². The monoisotopic (exact) mass is 313 g/mol. The topological polar surface area (TPSA) is 29.9 Å². The molecule has 1 heterocycles. The van der Waals surface area contributed by atoms with Gasteiger partial charge in [-0.15, -0.1) is 0 Å². The first kappa shape index (κ1) is 15.4. The largest absolute Gasteiger partial charge is 0.316 e. The first-order valence-corrected chi connectivity index (χ1v) is 7.35. The summed E-state index contributed by atoms with van der Waals surface area (Å²) in [5, 5.41) is 7.81. The Morgan fingerprint density at radius 2 is 2.11 bits per heavy atom. The minimum Gasteiger partial charge on any atom is -0.316 e. The molecule has 3 nitrogen and oxygen atoms in total. The van der Waals surface area contributed by atoms with Gasteiger partial charge in [0.15, 0.2) is 0 Å². The highest BCUT2D eigenvalue weighted by Gasteiger charge is 2.08. The Kier molecular flexibility index (Phi) is 6.65. The molecule has 1 N–H and O–H groups in total. The molecule has 4 heteroatoms. The van der Waals surface area contributed by atoms with E-state index in [0.29, 0.717) is 0 Å². The molecule has 0 fully saturated rings. The number of hydrogen-bond acceptors (Lipinski definition) is 2. The fraction of sp³-hybridized carbons (Fsp3) is 0.643. The fourth-order valence-corrected chi connectivity index (χ4v) is 2.29. The van der Waals surface area contributed by atoms with Crippen molar-refractivity contribution in [3.05, 3.63) is 28.0 Å². The molecule has 0 atom stereocenters. The van der Waals surface area contributed by atoms with Crippen LogP contribution in [0.2, 0.25) is 0 Å². The average Bonchev–Trinajstić information content (AvgIpc) is 2.53. The predicted octanol–water partition coefficient (Wildman–Crippen LogP) is 3.23. The molecule has 0 unspecified atom stereocenters. The van der Waals surface area contributed by atoms with Gasteiger partial charge in [-0.2, -0.15) is 5.10 Å². The fourth-order valence-electron chi connectivity index (χ4n) is 1.79. The van der Waals surface area contributed by atoms with Crippen molar-refractivity contribution in [1.29, 1.82) is 0 Å². The van der Waals surface area contributed by atoms with Gasteiger partial charge in [0, 0.05) is 13.5 Å². The number of aromatic nitrogens is 2. The summed E-state index contributed by atoms with van der Waals surface area (Å²) in [7, 11) is 1.99. The van der Waals surface area contributed by atoms with Gasteiger partial charge in [-0.3, -0.25) is 4.68 Å². The zero-order valence-corrected chi connectivity index (χ0v) is 13.4. The molecule has 1 aromatic heterocycles. The van der Waals surface area contributed by atoms with Gasteiger partial charge in [0.25, 0.3) is 0 Å². The second-order valence-electron chi connectivity index (χ2n) is 5.03. The van der Waals surface area contributed by atoms with Crippen LogP contribution in [0.3, 0.4) is 0 Å². The third-order valence-corrected chi connectivity index (χ3v) is 3.81. The normalized spacial score (nSPS) is 11.9. The maximum Gasteiger partial charge on any atom is 0.0738 e. The van der Waals surface area contributed by atoms with E-state index in [1.54, 1.807) is 0 Å². The lowest BCUT2D eigenvalue weighted by atomic mass is 10.2. The molecule has 0 bridgehead atoms. The molecule has 0 amide bonds. The zero-order valence-electron chi connectivity index (χ0n) is 11.8. The zero-order chi connectivity index (χ0) is 13.5. The molecular weight excluding hydrogens is 290 g/mol. The summed E-state index contributed by atoms with van der Waals surface area (Å²) < 4.78 is 3.08. The van der Waals surface area contributed by atoms with Crippen molar-refractivity contribution in [2.24, 2.45) is 13.0 Å². The Balaban J connectivity index is 2.28. The lowest BCUT2D eigenvalue weighted by molar-refractivity contribution is 0.556. The van der Waals surface area contributed by atoms with Crippen molar-refractivity contribution in [2.75, 3.05) is 13.1 Å².